The summed E-state index contributed by atoms with van der Waals surface area (Å²) in [5, 5.41) is 2.80. The number of hydrogen-bond donors (Lipinski definition) is 0. The van der Waals surface area contributed by atoms with E-state index >= 15 is 0 Å². The summed E-state index contributed by atoms with van der Waals surface area (Å²) in [5.41, 5.74) is 0. The van der Waals surface area contributed by atoms with Gasteiger partial charge in [0.15, 0.2) is 0 Å². The molecule has 3 heteroatoms. The molecule has 0 bridgehead atoms. The summed E-state index contributed by atoms with van der Waals surface area (Å²) in [5.74, 6) is 0.745. The van der Waals surface area contributed by atoms with E-state index in [-0.39, 0.29) is 0 Å². The van der Waals surface area contributed by atoms with Crippen molar-refractivity contribution < 1.29 is 8.53 Å². The van der Waals surface area contributed by atoms with Gasteiger partial charge in [0.1, 0.15) is 0 Å². The molecule has 22 heavy (non-hydrogen) atoms. The summed E-state index contributed by atoms with van der Waals surface area (Å²) in [4.78, 5) is 0. The second-order valence-electron chi connectivity index (χ2n) is 7.11. The van der Waals surface area contributed by atoms with Gasteiger partial charge in [-0.3, -0.25) is 0 Å². The quantitative estimate of drug-likeness (QED) is 0.306. The lowest BCUT2D eigenvalue weighted by Crippen LogP contribution is -2.32. The van der Waals surface area contributed by atoms with Gasteiger partial charge in [0.05, 0.1) is 0 Å². The third kappa shape index (κ3) is 9.56. The molecule has 1 aliphatic heterocycles. The first kappa shape index (κ1) is 20.5. The van der Waals surface area contributed by atoms with Crippen LogP contribution in [0.5, 0.6) is 0 Å². The molecule has 1 fully saturated rings. The lowest BCUT2D eigenvalue weighted by atomic mass is 9.95. The van der Waals surface area contributed by atoms with Crippen LogP contribution in [-0.4, -0.2) is 33.8 Å². The van der Waals surface area contributed by atoms with Gasteiger partial charge in [-0.1, -0.05) is 75.8 Å². The molecule has 0 saturated carbocycles. The van der Waals surface area contributed by atoms with Gasteiger partial charge < -0.3 is 8.53 Å². The van der Waals surface area contributed by atoms with Gasteiger partial charge in [-0.25, -0.2) is 0 Å². The molecule has 1 saturated heterocycles. The average Bonchev–Trinajstić information content (AvgIpc) is 2.56. The van der Waals surface area contributed by atoms with Crippen molar-refractivity contribution in [2.45, 2.75) is 102 Å². The van der Waals surface area contributed by atoms with Gasteiger partial charge in [-0.2, -0.15) is 0 Å². The summed E-state index contributed by atoms with van der Waals surface area (Å²) in [6.07, 6.45) is 14.0. The fourth-order valence-electron chi connectivity index (χ4n) is 3.48. The second-order valence-corrected chi connectivity index (χ2v) is 9.78. The van der Waals surface area contributed by atoms with Crippen LogP contribution in [0, 0.1) is 5.92 Å². The van der Waals surface area contributed by atoms with Gasteiger partial charge >= 0.3 is 14.5 Å². The standard InChI is InChI=1S/C7H13O2.2C6H13.Al/c1-6(8)7-2-4-9-5-3-7;2*1-3-5-6-4-2;/h6-7H,2-5H2,1H3;2*1,3-6H2,2H3;/q-1;;;+1. The van der Waals surface area contributed by atoms with Crippen LogP contribution in [0.1, 0.15) is 85.0 Å². The van der Waals surface area contributed by atoms with Crippen molar-refractivity contribution in [3.05, 3.63) is 0 Å². The Labute approximate surface area is 144 Å². The van der Waals surface area contributed by atoms with Crippen molar-refractivity contribution in [1.82, 2.24) is 0 Å². The zero-order valence-corrected chi connectivity index (χ0v) is 16.6. The first-order chi connectivity index (χ1) is 10.8. The van der Waals surface area contributed by atoms with Crippen LogP contribution in [0.25, 0.3) is 0 Å². The van der Waals surface area contributed by atoms with E-state index in [2.05, 4.69) is 20.8 Å². The van der Waals surface area contributed by atoms with Crippen LogP contribution in [-0.2, 0) is 8.53 Å². The Bertz CT molecular complexity index is 230. The van der Waals surface area contributed by atoms with E-state index in [1.54, 1.807) is 0 Å². The van der Waals surface area contributed by atoms with Crippen molar-refractivity contribution in [1.29, 1.82) is 0 Å². The first-order valence-electron chi connectivity index (χ1n) is 10.0. The minimum atomic E-state index is -0.989. The predicted octanol–water partition coefficient (Wildman–Crippen LogP) is 5.97. The van der Waals surface area contributed by atoms with Crippen LogP contribution >= 0.6 is 0 Å². The highest BCUT2D eigenvalue weighted by molar-refractivity contribution is 6.51. The summed E-state index contributed by atoms with van der Waals surface area (Å²) in [6, 6.07) is 0. The minimum absolute atomic E-state index is 0.470. The van der Waals surface area contributed by atoms with E-state index in [1.165, 1.54) is 74.8 Å². The van der Waals surface area contributed by atoms with Crippen LogP contribution in [0.15, 0.2) is 0 Å². The molecule has 0 radical (unpaired) electrons. The Morgan fingerprint density at radius 2 is 1.45 bits per heavy atom. The molecule has 2 nitrogen and oxygen atoms in total. The van der Waals surface area contributed by atoms with Gasteiger partial charge in [-0.15, -0.1) is 0 Å². The molecule has 0 spiro atoms. The normalized spacial score (nSPS) is 17.6. The van der Waals surface area contributed by atoms with Crippen LogP contribution < -0.4 is 0 Å². The molecule has 1 unspecified atom stereocenters. The van der Waals surface area contributed by atoms with E-state index in [0.29, 0.717) is 6.10 Å². The molecule has 1 aliphatic rings. The largest absolute Gasteiger partial charge is 0.498 e. The SMILES string of the molecule is CCCCC[CH2][Al]([CH2]CCCCC)[O]C(C)C1CCOCC1. The maximum atomic E-state index is 6.63. The van der Waals surface area contributed by atoms with E-state index < -0.39 is 14.5 Å². The Hall–Kier alpha value is 0.452. The second kappa shape index (κ2) is 13.9. The van der Waals surface area contributed by atoms with Gasteiger partial charge in [0.2, 0.25) is 0 Å². The van der Waals surface area contributed by atoms with Crippen molar-refractivity contribution >= 4 is 14.5 Å². The predicted molar refractivity (Wildman–Crippen MR) is 97.7 cm³/mol. The molecular formula is C19H39AlO2. The summed E-state index contributed by atoms with van der Waals surface area (Å²) in [7, 11) is 0. The van der Waals surface area contributed by atoms with E-state index in [9.17, 15) is 0 Å². The van der Waals surface area contributed by atoms with E-state index in [0.717, 1.165) is 19.1 Å². The molecule has 0 aliphatic carbocycles. The zero-order valence-electron chi connectivity index (χ0n) is 15.4. The van der Waals surface area contributed by atoms with E-state index in [4.69, 9.17) is 8.53 Å². The maximum absolute atomic E-state index is 6.63. The Balaban J connectivity index is 2.30. The van der Waals surface area contributed by atoms with Crippen molar-refractivity contribution in [3.8, 4) is 0 Å². The number of rotatable bonds is 13. The number of hydrogen-bond acceptors (Lipinski definition) is 2. The smallest absolute Gasteiger partial charge is 0.460 e. The minimum Gasteiger partial charge on any atom is -0.498 e. The van der Waals surface area contributed by atoms with Crippen molar-refractivity contribution in [3.63, 3.8) is 0 Å². The Morgan fingerprint density at radius 3 is 1.95 bits per heavy atom. The fourth-order valence-corrected chi connectivity index (χ4v) is 6.36. The maximum Gasteiger partial charge on any atom is 0.460 e. The molecule has 0 aromatic heterocycles. The molecular weight excluding hydrogens is 287 g/mol. The lowest BCUT2D eigenvalue weighted by Gasteiger charge is -2.30. The first-order valence-corrected chi connectivity index (χ1v) is 12.1. The monoisotopic (exact) mass is 326 g/mol. The lowest BCUT2D eigenvalue weighted by molar-refractivity contribution is 0.0226. The summed E-state index contributed by atoms with van der Waals surface area (Å²) >= 11 is -0.989. The van der Waals surface area contributed by atoms with Gasteiger partial charge in [0.25, 0.3) is 0 Å². The fraction of sp³-hybridized carbons (Fsp3) is 1.00. The topological polar surface area (TPSA) is 18.5 Å². The highest BCUT2D eigenvalue weighted by Gasteiger charge is 2.27. The Kier molecular flexibility index (Phi) is 12.9. The molecule has 1 heterocycles. The molecule has 130 valence electrons. The summed E-state index contributed by atoms with van der Waals surface area (Å²) in [6.45, 7) is 8.80. The number of ether oxygens (including phenoxy) is 1. The summed E-state index contributed by atoms with van der Waals surface area (Å²) < 4.78 is 12.1. The number of unbranched alkanes of at least 4 members (excludes halogenated alkanes) is 6. The van der Waals surface area contributed by atoms with E-state index in [1.807, 2.05) is 0 Å². The van der Waals surface area contributed by atoms with Crippen molar-refractivity contribution in [2.24, 2.45) is 5.92 Å². The Morgan fingerprint density at radius 1 is 0.909 bits per heavy atom. The zero-order chi connectivity index (χ0) is 16.0. The van der Waals surface area contributed by atoms with Crippen LogP contribution in [0.4, 0.5) is 0 Å². The van der Waals surface area contributed by atoms with Gasteiger partial charge in [0, 0.05) is 19.3 Å². The third-order valence-corrected chi connectivity index (χ3v) is 8.01. The molecule has 0 aromatic rings. The average molecular weight is 327 g/mol. The van der Waals surface area contributed by atoms with Crippen LogP contribution in [0.3, 0.4) is 0 Å². The molecule has 1 rings (SSSR count). The van der Waals surface area contributed by atoms with Gasteiger partial charge in [-0.05, 0) is 25.7 Å². The highest BCUT2D eigenvalue weighted by atomic mass is 27.2. The highest BCUT2D eigenvalue weighted by Crippen LogP contribution is 2.24. The third-order valence-electron chi connectivity index (χ3n) is 5.10. The molecule has 0 aromatic carbocycles. The molecule has 1 atom stereocenters. The van der Waals surface area contributed by atoms with Crippen molar-refractivity contribution in [2.75, 3.05) is 13.2 Å². The van der Waals surface area contributed by atoms with Crippen LogP contribution in [0.2, 0.25) is 10.6 Å². The molecule has 0 amide bonds. The molecule has 0 N–H and O–H groups in total.